The summed E-state index contributed by atoms with van der Waals surface area (Å²) in [5, 5.41) is 2.84. The quantitative estimate of drug-likeness (QED) is 0.594. The van der Waals surface area contributed by atoms with Crippen LogP contribution in [0.15, 0.2) is 73.2 Å². The van der Waals surface area contributed by atoms with E-state index >= 15 is 0 Å². The van der Waals surface area contributed by atoms with Crippen molar-refractivity contribution in [3.05, 3.63) is 84.6 Å². The highest BCUT2D eigenvalue weighted by Gasteiger charge is 2.11. The van der Waals surface area contributed by atoms with Gasteiger partial charge in [-0.3, -0.25) is 9.78 Å². The lowest BCUT2D eigenvalue weighted by Gasteiger charge is -2.04. The van der Waals surface area contributed by atoms with E-state index in [-0.39, 0.29) is 5.91 Å². The van der Waals surface area contributed by atoms with Crippen LogP contribution in [-0.4, -0.2) is 27.4 Å². The monoisotopic (exact) mass is 358 g/mol. The molecule has 27 heavy (non-hydrogen) atoms. The van der Waals surface area contributed by atoms with E-state index in [9.17, 15) is 4.79 Å². The number of hydrogen-bond donors (Lipinski definition) is 1. The Balaban J connectivity index is 1.54. The standard InChI is InChI=1S/C21H18N4O2/c1-27-18-8-5-15(6-9-18)16-7-10-20-24-19(14-25(20)13-16)21(26)23-12-17-4-2-3-11-22-17/h2-11,13-14H,12H2,1H3,(H,23,26). The average molecular weight is 358 g/mol. The zero-order chi connectivity index (χ0) is 18.6. The van der Waals surface area contributed by atoms with Crippen LogP contribution in [0.2, 0.25) is 0 Å². The minimum atomic E-state index is -0.227. The first-order chi connectivity index (χ1) is 13.2. The van der Waals surface area contributed by atoms with Crippen molar-refractivity contribution in [1.29, 1.82) is 0 Å². The first-order valence-electron chi connectivity index (χ1n) is 8.54. The van der Waals surface area contributed by atoms with Gasteiger partial charge in [0.15, 0.2) is 0 Å². The van der Waals surface area contributed by atoms with Crippen molar-refractivity contribution in [1.82, 2.24) is 19.7 Å². The SMILES string of the molecule is COc1ccc(-c2ccc3nc(C(=O)NCc4ccccn4)cn3c2)cc1. The van der Waals surface area contributed by atoms with Crippen LogP contribution in [0.25, 0.3) is 16.8 Å². The third-order valence-corrected chi connectivity index (χ3v) is 4.26. The Bertz CT molecular complexity index is 1070. The number of nitrogens with one attached hydrogen (secondary N) is 1. The molecule has 4 rings (SSSR count). The number of benzene rings is 1. The number of methoxy groups -OCH3 is 1. The summed E-state index contributed by atoms with van der Waals surface area (Å²) in [6.07, 6.45) is 5.39. The van der Waals surface area contributed by atoms with Crippen LogP contribution in [0.5, 0.6) is 5.75 Å². The summed E-state index contributed by atoms with van der Waals surface area (Å²) in [5.41, 5.74) is 3.99. The van der Waals surface area contributed by atoms with Gasteiger partial charge in [-0.05, 0) is 47.5 Å². The average Bonchev–Trinajstić information content (AvgIpc) is 3.16. The second kappa shape index (κ2) is 7.29. The van der Waals surface area contributed by atoms with Crippen molar-refractivity contribution < 1.29 is 9.53 Å². The Morgan fingerprint density at radius 1 is 1.04 bits per heavy atom. The van der Waals surface area contributed by atoms with Gasteiger partial charge >= 0.3 is 0 Å². The molecule has 0 unspecified atom stereocenters. The number of carbonyl (C=O) groups is 1. The summed E-state index contributed by atoms with van der Waals surface area (Å²) in [6, 6.07) is 17.3. The van der Waals surface area contributed by atoms with Crippen LogP contribution in [0.4, 0.5) is 0 Å². The van der Waals surface area contributed by atoms with E-state index in [1.807, 2.05) is 65.2 Å². The lowest BCUT2D eigenvalue weighted by molar-refractivity contribution is 0.0946. The Hall–Kier alpha value is -3.67. The Morgan fingerprint density at radius 2 is 1.85 bits per heavy atom. The summed E-state index contributed by atoms with van der Waals surface area (Å²) in [6.45, 7) is 0.366. The molecular weight excluding hydrogens is 340 g/mol. The third kappa shape index (κ3) is 3.64. The molecule has 6 heteroatoms. The van der Waals surface area contributed by atoms with Crippen LogP contribution >= 0.6 is 0 Å². The maximum atomic E-state index is 12.4. The molecule has 0 fully saturated rings. The van der Waals surface area contributed by atoms with Crippen molar-refractivity contribution >= 4 is 11.6 Å². The van der Waals surface area contributed by atoms with Crippen LogP contribution < -0.4 is 10.1 Å². The minimum Gasteiger partial charge on any atom is -0.497 e. The Labute approximate surface area is 156 Å². The molecule has 0 aliphatic heterocycles. The lowest BCUT2D eigenvalue weighted by atomic mass is 10.1. The highest BCUT2D eigenvalue weighted by molar-refractivity contribution is 5.92. The number of carbonyl (C=O) groups excluding carboxylic acids is 1. The van der Waals surface area contributed by atoms with E-state index in [4.69, 9.17) is 4.74 Å². The third-order valence-electron chi connectivity index (χ3n) is 4.26. The molecule has 1 aromatic carbocycles. The van der Waals surface area contributed by atoms with Crippen molar-refractivity contribution in [2.75, 3.05) is 7.11 Å². The minimum absolute atomic E-state index is 0.227. The zero-order valence-electron chi connectivity index (χ0n) is 14.8. The lowest BCUT2D eigenvalue weighted by Crippen LogP contribution is -2.23. The molecule has 4 aromatic rings. The van der Waals surface area contributed by atoms with Gasteiger partial charge < -0.3 is 14.5 Å². The van der Waals surface area contributed by atoms with E-state index in [2.05, 4.69) is 15.3 Å². The van der Waals surface area contributed by atoms with Crippen LogP contribution in [0.3, 0.4) is 0 Å². The highest BCUT2D eigenvalue weighted by Crippen LogP contribution is 2.23. The Kier molecular flexibility index (Phi) is 4.53. The molecule has 0 atom stereocenters. The predicted molar refractivity (Wildman–Crippen MR) is 103 cm³/mol. The van der Waals surface area contributed by atoms with E-state index < -0.39 is 0 Å². The number of fused-ring (bicyclic) bond motifs is 1. The van der Waals surface area contributed by atoms with Crippen LogP contribution in [0, 0.1) is 0 Å². The topological polar surface area (TPSA) is 68.5 Å². The molecule has 0 saturated heterocycles. The maximum absolute atomic E-state index is 12.4. The van der Waals surface area contributed by atoms with Crippen molar-refractivity contribution in [3.8, 4) is 16.9 Å². The number of ether oxygens (including phenoxy) is 1. The molecule has 0 bridgehead atoms. The molecule has 0 spiro atoms. The molecule has 0 radical (unpaired) electrons. The Morgan fingerprint density at radius 3 is 2.59 bits per heavy atom. The molecule has 0 aliphatic rings. The van der Waals surface area contributed by atoms with Gasteiger partial charge in [-0.1, -0.05) is 18.2 Å². The zero-order valence-corrected chi connectivity index (χ0v) is 14.8. The van der Waals surface area contributed by atoms with E-state index in [0.29, 0.717) is 12.2 Å². The highest BCUT2D eigenvalue weighted by atomic mass is 16.5. The van der Waals surface area contributed by atoms with Crippen LogP contribution in [-0.2, 0) is 6.54 Å². The second-order valence-corrected chi connectivity index (χ2v) is 6.04. The van der Waals surface area contributed by atoms with Gasteiger partial charge in [0.05, 0.1) is 19.3 Å². The first kappa shape index (κ1) is 16.8. The number of amides is 1. The van der Waals surface area contributed by atoms with E-state index in [1.54, 1.807) is 19.5 Å². The number of aromatic nitrogens is 3. The summed E-state index contributed by atoms with van der Waals surface area (Å²) >= 11 is 0. The number of imidazole rings is 1. The van der Waals surface area contributed by atoms with Gasteiger partial charge in [0.2, 0.25) is 0 Å². The molecule has 0 saturated carbocycles. The number of nitrogens with zero attached hydrogens (tertiary/aromatic N) is 3. The molecule has 1 N–H and O–H groups in total. The van der Waals surface area contributed by atoms with Crippen molar-refractivity contribution in [2.45, 2.75) is 6.54 Å². The molecule has 0 aliphatic carbocycles. The number of pyridine rings is 2. The summed E-state index contributed by atoms with van der Waals surface area (Å²) in [7, 11) is 1.65. The van der Waals surface area contributed by atoms with E-state index in [0.717, 1.165) is 28.2 Å². The number of rotatable bonds is 5. The smallest absolute Gasteiger partial charge is 0.271 e. The first-order valence-corrected chi connectivity index (χ1v) is 8.54. The molecule has 1 amide bonds. The van der Waals surface area contributed by atoms with Crippen molar-refractivity contribution in [2.24, 2.45) is 0 Å². The summed E-state index contributed by atoms with van der Waals surface area (Å²) in [5.74, 6) is 0.588. The fourth-order valence-corrected chi connectivity index (χ4v) is 2.82. The van der Waals surface area contributed by atoms with Crippen LogP contribution in [0.1, 0.15) is 16.2 Å². The van der Waals surface area contributed by atoms with Gasteiger partial charge in [-0.2, -0.15) is 0 Å². The summed E-state index contributed by atoms with van der Waals surface area (Å²) < 4.78 is 7.05. The van der Waals surface area contributed by atoms with Gasteiger partial charge in [-0.15, -0.1) is 0 Å². The van der Waals surface area contributed by atoms with Gasteiger partial charge in [-0.25, -0.2) is 4.98 Å². The molecule has 3 heterocycles. The summed E-state index contributed by atoms with van der Waals surface area (Å²) in [4.78, 5) is 21.0. The molecular formula is C21H18N4O2. The predicted octanol–water partition coefficient (Wildman–Crippen LogP) is 3.33. The molecule has 6 nitrogen and oxygen atoms in total. The van der Waals surface area contributed by atoms with Gasteiger partial charge in [0.1, 0.15) is 17.1 Å². The van der Waals surface area contributed by atoms with Gasteiger partial charge in [0, 0.05) is 18.6 Å². The molecule has 134 valence electrons. The fourth-order valence-electron chi connectivity index (χ4n) is 2.82. The maximum Gasteiger partial charge on any atom is 0.271 e. The normalized spacial score (nSPS) is 10.7. The molecule has 3 aromatic heterocycles. The van der Waals surface area contributed by atoms with Gasteiger partial charge in [0.25, 0.3) is 5.91 Å². The number of hydrogen-bond acceptors (Lipinski definition) is 4. The second-order valence-electron chi connectivity index (χ2n) is 6.04. The van der Waals surface area contributed by atoms with Crippen molar-refractivity contribution in [3.63, 3.8) is 0 Å². The fraction of sp³-hybridized carbons (Fsp3) is 0.0952. The largest absolute Gasteiger partial charge is 0.497 e. The van der Waals surface area contributed by atoms with E-state index in [1.165, 1.54) is 0 Å².